The quantitative estimate of drug-likeness (QED) is 0.455. The molecule has 3 rings (SSSR count). The topological polar surface area (TPSA) is 77.8 Å². The van der Waals surface area contributed by atoms with E-state index in [4.69, 9.17) is 9.47 Å². The molecule has 0 saturated carbocycles. The molecule has 1 aromatic carbocycles. The number of benzene rings is 1. The van der Waals surface area contributed by atoms with Gasteiger partial charge in [0, 0.05) is 49.3 Å². The van der Waals surface area contributed by atoms with E-state index in [1.54, 1.807) is 12.0 Å². The number of aromatic nitrogens is 1. The smallest absolute Gasteiger partial charge is 0.311 e. The summed E-state index contributed by atoms with van der Waals surface area (Å²) in [4.78, 5) is 39.2. The molecule has 0 aliphatic carbocycles. The van der Waals surface area contributed by atoms with Gasteiger partial charge in [0.1, 0.15) is 0 Å². The number of amides is 1. The maximum absolute atomic E-state index is 12.6. The number of methoxy groups -OCH3 is 1. The van der Waals surface area contributed by atoms with Gasteiger partial charge < -0.3 is 18.9 Å². The van der Waals surface area contributed by atoms with E-state index >= 15 is 0 Å². The highest BCUT2D eigenvalue weighted by Crippen LogP contribution is 2.26. The lowest BCUT2D eigenvalue weighted by molar-refractivity contribution is -0.147. The molecule has 0 unspecified atom stereocenters. The average molecular weight is 427 g/mol. The summed E-state index contributed by atoms with van der Waals surface area (Å²) in [6.45, 7) is 7.01. The predicted octanol–water partition coefficient (Wildman–Crippen LogP) is 3.09. The second kappa shape index (κ2) is 9.92. The highest BCUT2D eigenvalue weighted by atomic mass is 16.5. The Morgan fingerprint density at radius 1 is 1.16 bits per heavy atom. The van der Waals surface area contributed by atoms with Gasteiger partial charge in [-0.1, -0.05) is 19.1 Å². The Bertz CT molecular complexity index is 961. The van der Waals surface area contributed by atoms with Crippen LogP contribution in [0, 0.1) is 19.8 Å². The van der Waals surface area contributed by atoms with Crippen molar-refractivity contribution in [3.8, 4) is 0 Å². The highest BCUT2D eigenvalue weighted by molar-refractivity contribution is 6.01. The fourth-order valence-electron chi connectivity index (χ4n) is 3.97. The van der Waals surface area contributed by atoms with Crippen molar-refractivity contribution in [2.45, 2.75) is 40.2 Å². The van der Waals surface area contributed by atoms with Crippen molar-refractivity contribution in [1.29, 1.82) is 0 Å². The molecule has 0 radical (unpaired) electrons. The number of carbonyl (C=O) groups excluding carboxylic acids is 3. The van der Waals surface area contributed by atoms with Crippen molar-refractivity contribution in [3.05, 3.63) is 52.8 Å². The summed E-state index contributed by atoms with van der Waals surface area (Å²) < 4.78 is 12.4. The second-order valence-electron chi connectivity index (χ2n) is 7.89. The molecule has 2 aromatic rings. The predicted molar refractivity (Wildman–Crippen MR) is 117 cm³/mol. The molecule has 1 atom stereocenters. The molecule has 1 amide bonds. The maximum Gasteiger partial charge on any atom is 0.311 e. The standard InChI is InChI=1S/C24H30N2O5/c1-5-18-6-8-20(9-7-18)26-14-19(13-23(26)28)24(29)31-15-22(27)21-12-16(2)25(17(21)3)10-11-30-4/h6-9,12,19H,5,10-11,13-15H2,1-4H3/t19-/m1/s1. The molecule has 7 nitrogen and oxygen atoms in total. The van der Waals surface area contributed by atoms with Crippen LogP contribution in [0.2, 0.25) is 0 Å². The van der Waals surface area contributed by atoms with Gasteiger partial charge >= 0.3 is 5.97 Å². The first-order valence-corrected chi connectivity index (χ1v) is 10.6. The number of ketones is 1. The molecule has 0 N–H and O–H groups in total. The van der Waals surface area contributed by atoms with Gasteiger partial charge in [-0.05, 0) is 44.0 Å². The van der Waals surface area contributed by atoms with Crippen LogP contribution in [0.25, 0.3) is 0 Å². The first-order chi connectivity index (χ1) is 14.8. The summed E-state index contributed by atoms with van der Waals surface area (Å²) in [5.74, 6) is -1.44. The highest BCUT2D eigenvalue weighted by Gasteiger charge is 2.36. The number of hydrogen-bond acceptors (Lipinski definition) is 5. The van der Waals surface area contributed by atoms with Gasteiger partial charge in [-0.3, -0.25) is 14.4 Å². The third kappa shape index (κ3) is 5.05. The molecule has 1 fully saturated rings. The van der Waals surface area contributed by atoms with E-state index in [2.05, 4.69) is 6.92 Å². The fourth-order valence-corrected chi connectivity index (χ4v) is 3.97. The third-order valence-corrected chi connectivity index (χ3v) is 5.85. The zero-order valence-electron chi connectivity index (χ0n) is 18.6. The second-order valence-corrected chi connectivity index (χ2v) is 7.89. The molecule has 2 heterocycles. The van der Waals surface area contributed by atoms with E-state index in [1.807, 2.05) is 48.7 Å². The van der Waals surface area contributed by atoms with Gasteiger partial charge in [-0.25, -0.2) is 0 Å². The summed E-state index contributed by atoms with van der Waals surface area (Å²) in [5, 5.41) is 0. The minimum absolute atomic E-state index is 0.0914. The lowest BCUT2D eigenvalue weighted by atomic mass is 10.1. The van der Waals surface area contributed by atoms with E-state index in [-0.39, 0.29) is 31.3 Å². The molecule has 0 spiro atoms. The number of rotatable bonds is 9. The summed E-state index contributed by atoms with van der Waals surface area (Å²) in [6, 6.07) is 9.56. The first kappa shape index (κ1) is 22.7. The van der Waals surface area contributed by atoms with Crippen LogP contribution in [-0.4, -0.2) is 49.1 Å². The van der Waals surface area contributed by atoms with E-state index in [0.29, 0.717) is 18.7 Å². The first-order valence-electron chi connectivity index (χ1n) is 10.6. The molecule has 1 aliphatic rings. The van der Waals surface area contributed by atoms with Gasteiger partial charge in [0.25, 0.3) is 0 Å². The molecule has 0 bridgehead atoms. The van der Waals surface area contributed by atoms with Crippen molar-refractivity contribution >= 4 is 23.3 Å². The SMILES string of the molecule is CCc1ccc(N2C[C@H](C(=O)OCC(=O)c3cc(C)n(CCOC)c3C)CC2=O)cc1. The zero-order chi connectivity index (χ0) is 22.5. The maximum atomic E-state index is 12.6. The largest absolute Gasteiger partial charge is 0.457 e. The van der Waals surface area contributed by atoms with E-state index in [9.17, 15) is 14.4 Å². The number of hydrogen-bond donors (Lipinski definition) is 0. The number of esters is 1. The van der Waals surface area contributed by atoms with Crippen LogP contribution in [0.4, 0.5) is 5.69 Å². The minimum atomic E-state index is -0.569. The van der Waals surface area contributed by atoms with Gasteiger partial charge in [0.2, 0.25) is 11.7 Å². The summed E-state index contributed by atoms with van der Waals surface area (Å²) in [7, 11) is 1.63. The van der Waals surface area contributed by atoms with Gasteiger partial charge in [-0.2, -0.15) is 0 Å². The number of carbonyl (C=O) groups is 3. The van der Waals surface area contributed by atoms with Crippen molar-refractivity contribution in [3.63, 3.8) is 0 Å². The monoisotopic (exact) mass is 426 g/mol. The molecule has 1 aromatic heterocycles. The van der Waals surface area contributed by atoms with Gasteiger partial charge in [0.15, 0.2) is 6.61 Å². The zero-order valence-corrected chi connectivity index (χ0v) is 18.6. The molecule has 7 heteroatoms. The van der Waals surface area contributed by atoms with Crippen LogP contribution in [-0.2, 0) is 32.0 Å². The van der Waals surface area contributed by atoms with Gasteiger partial charge in [-0.15, -0.1) is 0 Å². The Morgan fingerprint density at radius 3 is 2.52 bits per heavy atom. The molecular formula is C24H30N2O5. The summed E-state index contributed by atoms with van der Waals surface area (Å²) in [5.41, 5.74) is 4.29. The van der Waals surface area contributed by atoms with Crippen LogP contribution in [0.15, 0.2) is 30.3 Å². The summed E-state index contributed by atoms with van der Waals surface area (Å²) >= 11 is 0. The lowest BCUT2D eigenvalue weighted by Crippen LogP contribution is -2.27. The molecule has 166 valence electrons. The summed E-state index contributed by atoms with van der Waals surface area (Å²) in [6.07, 6.45) is 1.01. The van der Waals surface area contributed by atoms with Crippen LogP contribution < -0.4 is 4.90 Å². The Balaban J connectivity index is 1.58. The number of Topliss-reactive ketones (excluding diaryl/α,β-unsaturated/α-hetero) is 1. The van der Waals surface area contributed by atoms with Crippen LogP contribution in [0.3, 0.4) is 0 Å². The number of anilines is 1. The van der Waals surface area contributed by atoms with Crippen LogP contribution >= 0.6 is 0 Å². The minimum Gasteiger partial charge on any atom is -0.457 e. The molecule has 31 heavy (non-hydrogen) atoms. The van der Waals surface area contributed by atoms with Crippen molar-refractivity contribution < 1.29 is 23.9 Å². The Hall–Kier alpha value is -2.93. The van der Waals surface area contributed by atoms with E-state index in [1.165, 1.54) is 5.56 Å². The molecular weight excluding hydrogens is 396 g/mol. The number of ether oxygens (including phenoxy) is 2. The Kier molecular flexibility index (Phi) is 7.28. The molecule has 1 saturated heterocycles. The van der Waals surface area contributed by atoms with E-state index < -0.39 is 11.9 Å². The number of nitrogens with zero attached hydrogens (tertiary/aromatic N) is 2. The van der Waals surface area contributed by atoms with Crippen molar-refractivity contribution in [2.75, 3.05) is 31.8 Å². The van der Waals surface area contributed by atoms with Crippen molar-refractivity contribution in [1.82, 2.24) is 4.57 Å². The molecule has 1 aliphatic heterocycles. The third-order valence-electron chi connectivity index (χ3n) is 5.85. The Labute approximate surface area is 182 Å². The van der Waals surface area contributed by atoms with Crippen molar-refractivity contribution in [2.24, 2.45) is 5.92 Å². The van der Waals surface area contributed by atoms with Gasteiger partial charge in [0.05, 0.1) is 12.5 Å². The van der Waals surface area contributed by atoms with E-state index in [0.717, 1.165) is 23.5 Å². The van der Waals surface area contributed by atoms with Crippen LogP contribution in [0.1, 0.15) is 40.7 Å². The lowest BCUT2D eigenvalue weighted by Gasteiger charge is -2.17. The average Bonchev–Trinajstić information content (AvgIpc) is 3.29. The fraction of sp³-hybridized carbons (Fsp3) is 0.458. The normalized spacial score (nSPS) is 16.1. The Morgan fingerprint density at radius 2 is 1.87 bits per heavy atom. The van der Waals surface area contributed by atoms with Crippen LogP contribution in [0.5, 0.6) is 0 Å². The number of aryl methyl sites for hydroxylation is 2.